The molecule has 2 aromatic heterocycles. The van der Waals surface area contributed by atoms with Gasteiger partial charge in [0, 0.05) is 35.2 Å². The SMILES string of the molecule is C[C@H](N)[C@H](C)N.[Pt+2].c1cnc2c(c1)ccc1cccnc12. The molecule has 5 heteroatoms. The van der Waals surface area contributed by atoms with Crippen molar-refractivity contribution in [3.05, 3.63) is 48.8 Å². The van der Waals surface area contributed by atoms with Crippen LogP contribution in [0.5, 0.6) is 0 Å². The van der Waals surface area contributed by atoms with Crippen molar-refractivity contribution in [1.29, 1.82) is 0 Å². The van der Waals surface area contributed by atoms with E-state index in [1.54, 1.807) is 12.4 Å². The second kappa shape index (κ2) is 8.18. The van der Waals surface area contributed by atoms with E-state index in [9.17, 15) is 0 Å². The molecule has 3 aromatic rings. The summed E-state index contributed by atoms with van der Waals surface area (Å²) in [6, 6.07) is 12.4. The molecule has 21 heavy (non-hydrogen) atoms. The standard InChI is InChI=1S/C12H8N2.C4H12N2.Pt/c1-3-9-5-6-10-4-2-8-14-12(10)11(9)13-7-1;1-3(5)4(2)6;/h1-8H;3-4H,5-6H2,1-2H3;/q;;+2/t;3-,4-;/m.0./s1. The topological polar surface area (TPSA) is 77.8 Å². The minimum absolute atomic E-state index is 0. The number of benzene rings is 1. The van der Waals surface area contributed by atoms with Gasteiger partial charge in [-0.1, -0.05) is 24.3 Å². The van der Waals surface area contributed by atoms with Crippen LogP contribution in [0.3, 0.4) is 0 Å². The number of nitrogens with two attached hydrogens (primary N) is 2. The molecule has 112 valence electrons. The van der Waals surface area contributed by atoms with Gasteiger partial charge in [-0.25, -0.2) is 0 Å². The van der Waals surface area contributed by atoms with Crippen LogP contribution in [0.25, 0.3) is 21.8 Å². The van der Waals surface area contributed by atoms with Gasteiger partial charge in [-0.3, -0.25) is 9.97 Å². The van der Waals surface area contributed by atoms with E-state index in [0.29, 0.717) is 0 Å². The molecule has 0 amide bonds. The van der Waals surface area contributed by atoms with Crippen molar-refractivity contribution in [1.82, 2.24) is 9.97 Å². The molecule has 2 atom stereocenters. The van der Waals surface area contributed by atoms with E-state index in [1.165, 1.54) is 0 Å². The number of aromatic nitrogens is 2. The number of nitrogens with zero attached hydrogens (tertiary/aromatic N) is 2. The summed E-state index contributed by atoms with van der Waals surface area (Å²) in [5, 5.41) is 2.28. The monoisotopic (exact) mass is 463 g/mol. The molecule has 4 N–H and O–H groups in total. The molecule has 0 saturated heterocycles. The number of hydrogen-bond acceptors (Lipinski definition) is 4. The maximum atomic E-state index is 5.31. The fraction of sp³-hybridized carbons (Fsp3) is 0.250. The Balaban J connectivity index is 0.000000275. The maximum absolute atomic E-state index is 5.31. The minimum Gasteiger partial charge on any atom is -0.327 e. The Kier molecular flexibility index (Phi) is 6.89. The summed E-state index contributed by atoms with van der Waals surface area (Å²) < 4.78 is 0. The molecule has 0 fully saturated rings. The Hall–Kier alpha value is -1.35. The second-order valence-electron chi connectivity index (χ2n) is 4.93. The molecule has 0 radical (unpaired) electrons. The zero-order valence-corrected chi connectivity index (χ0v) is 14.4. The van der Waals surface area contributed by atoms with Gasteiger partial charge >= 0.3 is 21.1 Å². The number of fused-ring (bicyclic) bond motifs is 3. The Bertz CT molecular complexity index is 637. The first-order valence-corrected chi connectivity index (χ1v) is 6.69. The predicted octanol–water partition coefficient (Wildman–Crippen LogP) is 2.46. The fourth-order valence-electron chi connectivity index (χ4n) is 1.68. The van der Waals surface area contributed by atoms with Crippen molar-refractivity contribution in [2.75, 3.05) is 0 Å². The number of rotatable bonds is 1. The average molecular weight is 463 g/mol. The van der Waals surface area contributed by atoms with Gasteiger partial charge in [0.2, 0.25) is 0 Å². The van der Waals surface area contributed by atoms with Crippen LogP contribution in [0.15, 0.2) is 48.8 Å². The van der Waals surface area contributed by atoms with Gasteiger partial charge < -0.3 is 11.5 Å². The summed E-state index contributed by atoms with van der Waals surface area (Å²) in [4.78, 5) is 8.69. The zero-order chi connectivity index (χ0) is 14.5. The van der Waals surface area contributed by atoms with Gasteiger partial charge in [0.25, 0.3) is 0 Å². The van der Waals surface area contributed by atoms with Crippen molar-refractivity contribution < 1.29 is 21.1 Å². The van der Waals surface area contributed by atoms with E-state index in [2.05, 4.69) is 34.2 Å². The maximum Gasteiger partial charge on any atom is 2.00 e. The summed E-state index contributed by atoms with van der Waals surface area (Å²) in [5.74, 6) is 0. The summed E-state index contributed by atoms with van der Waals surface area (Å²) in [5.41, 5.74) is 12.6. The third-order valence-electron chi connectivity index (χ3n) is 3.17. The van der Waals surface area contributed by atoms with Gasteiger partial charge in [0.15, 0.2) is 0 Å². The molecule has 0 bridgehead atoms. The molecule has 0 aliphatic rings. The smallest absolute Gasteiger partial charge is 0.327 e. The van der Waals surface area contributed by atoms with Gasteiger partial charge in [-0.15, -0.1) is 0 Å². The van der Waals surface area contributed by atoms with Gasteiger partial charge in [-0.2, -0.15) is 0 Å². The van der Waals surface area contributed by atoms with E-state index in [0.717, 1.165) is 21.8 Å². The summed E-state index contributed by atoms with van der Waals surface area (Å²) >= 11 is 0. The van der Waals surface area contributed by atoms with Crippen LogP contribution < -0.4 is 11.5 Å². The third-order valence-corrected chi connectivity index (χ3v) is 3.17. The predicted molar refractivity (Wildman–Crippen MR) is 84.3 cm³/mol. The van der Waals surface area contributed by atoms with Crippen molar-refractivity contribution >= 4 is 21.8 Å². The molecule has 0 aliphatic carbocycles. The van der Waals surface area contributed by atoms with Gasteiger partial charge in [-0.05, 0) is 26.0 Å². The van der Waals surface area contributed by atoms with Crippen LogP contribution in [-0.4, -0.2) is 22.1 Å². The Morgan fingerprint density at radius 3 is 1.48 bits per heavy atom. The molecule has 2 heterocycles. The Morgan fingerprint density at radius 2 is 1.14 bits per heavy atom. The largest absolute Gasteiger partial charge is 2.00 e. The normalized spacial score (nSPS) is 13.0. The fourth-order valence-corrected chi connectivity index (χ4v) is 1.68. The van der Waals surface area contributed by atoms with E-state index < -0.39 is 0 Å². The average Bonchev–Trinajstić information content (AvgIpc) is 2.47. The first-order chi connectivity index (χ1) is 9.59. The molecule has 0 unspecified atom stereocenters. The molecule has 0 spiro atoms. The minimum atomic E-state index is 0. The number of hydrogen-bond donors (Lipinski definition) is 2. The number of pyridine rings is 2. The summed E-state index contributed by atoms with van der Waals surface area (Å²) in [7, 11) is 0. The van der Waals surface area contributed by atoms with Gasteiger partial charge in [0.1, 0.15) is 0 Å². The third kappa shape index (κ3) is 4.57. The molecule has 0 saturated carbocycles. The van der Waals surface area contributed by atoms with Crippen molar-refractivity contribution in [2.24, 2.45) is 11.5 Å². The Labute approximate surface area is 139 Å². The van der Waals surface area contributed by atoms with Crippen molar-refractivity contribution in [3.8, 4) is 0 Å². The van der Waals surface area contributed by atoms with Crippen molar-refractivity contribution in [3.63, 3.8) is 0 Å². The molecular formula is C16H20N4Pt+2. The van der Waals surface area contributed by atoms with Crippen LogP contribution in [0.2, 0.25) is 0 Å². The molecule has 1 aromatic carbocycles. The summed E-state index contributed by atoms with van der Waals surface area (Å²) in [6.45, 7) is 3.79. The van der Waals surface area contributed by atoms with Crippen LogP contribution in [-0.2, 0) is 21.1 Å². The quantitative estimate of drug-likeness (QED) is 0.544. The molecule has 4 nitrogen and oxygen atoms in total. The first-order valence-electron chi connectivity index (χ1n) is 6.69. The first kappa shape index (κ1) is 17.7. The van der Waals surface area contributed by atoms with Gasteiger partial charge in [0.05, 0.1) is 11.0 Å². The molecular weight excluding hydrogens is 443 g/mol. The second-order valence-corrected chi connectivity index (χ2v) is 4.93. The Morgan fingerprint density at radius 1 is 0.762 bits per heavy atom. The van der Waals surface area contributed by atoms with E-state index >= 15 is 0 Å². The van der Waals surface area contributed by atoms with E-state index in [-0.39, 0.29) is 33.1 Å². The van der Waals surface area contributed by atoms with Crippen LogP contribution in [0.4, 0.5) is 0 Å². The summed E-state index contributed by atoms with van der Waals surface area (Å²) in [6.07, 6.45) is 3.60. The van der Waals surface area contributed by atoms with E-state index in [1.807, 2.05) is 26.0 Å². The van der Waals surface area contributed by atoms with Crippen molar-refractivity contribution in [2.45, 2.75) is 25.9 Å². The van der Waals surface area contributed by atoms with E-state index in [4.69, 9.17) is 11.5 Å². The molecule has 0 aliphatic heterocycles. The van der Waals surface area contributed by atoms with Crippen LogP contribution >= 0.6 is 0 Å². The zero-order valence-electron chi connectivity index (χ0n) is 12.1. The van der Waals surface area contributed by atoms with Crippen LogP contribution in [0, 0.1) is 0 Å². The van der Waals surface area contributed by atoms with Crippen LogP contribution in [0.1, 0.15) is 13.8 Å². The molecule has 3 rings (SSSR count).